The molecule has 7 heteroatoms. The average molecular weight is 274 g/mol. The van der Waals surface area contributed by atoms with Crippen LogP contribution in [-0.2, 0) is 19.1 Å². The smallest absolute Gasteiger partial charge is 0.326 e. The lowest BCUT2D eigenvalue weighted by molar-refractivity contribution is -0.144. The fourth-order valence-corrected chi connectivity index (χ4v) is 1.40. The zero-order chi connectivity index (χ0) is 15.0. The summed E-state index contributed by atoms with van der Waals surface area (Å²) >= 11 is 0. The number of carboxylic acid groups (broad SMARTS) is 1. The highest BCUT2D eigenvalue weighted by atomic mass is 16.5. The number of rotatable bonds is 8. The molecule has 0 saturated heterocycles. The zero-order valence-electron chi connectivity index (χ0n) is 11.5. The molecule has 0 aliphatic rings. The van der Waals surface area contributed by atoms with Crippen LogP contribution >= 0.6 is 0 Å². The molecule has 0 aliphatic carbocycles. The maximum atomic E-state index is 11.8. The molecule has 0 bridgehead atoms. The summed E-state index contributed by atoms with van der Waals surface area (Å²) in [6.07, 6.45) is 0.613. The van der Waals surface area contributed by atoms with Gasteiger partial charge in [0, 0.05) is 6.42 Å². The number of nitrogens with one attached hydrogen (secondary N) is 1. The van der Waals surface area contributed by atoms with Gasteiger partial charge in [0.2, 0.25) is 5.91 Å². The summed E-state index contributed by atoms with van der Waals surface area (Å²) in [6, 6.07) is -1.90. The van der Waals surface area contributed by atoms with E-state index < -0.39 is 29.9 Å². The summed E-state index contributed by atoms with van der Waals surface area (Å²) in [5.74, 6) is -2.29. The van der Waals surface area contributed by atoms with Gasteiger partial charge in [-0.3, -0.25) is 9.59 Å². The first kappa shape index (κ1) is 17.4. The van der Waals surface area contributed by atoms with Crippen molar-refractivity contribution in [3.63, 3.8) is 0 Å². The number of methoxy groups -OCH3 is 1. The molecule has 1 unspecified atom stereocenters. The summed E-state index contributed by atoms with van der Waals surface area (Å²) in [5, 5.41) is 11.3. The lowest BCUT2D eigenvalue weighted by atomic mass is 9.99. The van der Waals surface area contributed by atoms with Crippen LogP contribution in [-0.4, -0.2) is 42.1 Å². The van der Waals surface area contributed by atoms with Gasteiger partial charge < -0.3 is 20.9 Å². The third-order valence-corrected chi connectivity index (χ3v) is 3.04. The lowest BCUT2D eigenvalue weighted by Gasteiger charge is -2.20. The monoisotopic (exact) mass is 274 g/mol. The van der Waals surface area contributed by atoms with Crippen LogP contribution in [0.25, 0.3) is 0 Å². The second-order valence-corrected chi connectivity index (χ2v) is 4.43. The molecule has 0 saturated carbocycles. The molecule has 110 valence electrons. The number of hydrogen-bond acceptors (Lipinski definition) is 5. The van der Waals surface area contributed by atoms with Crippen molar-refractivity contribution in [2.45, 2.75) is 45.2 Å². The molecular formula is C12H22N2O5. The van der Waals surface area contributed by atoms with Crippen molar-refractivity contribution in [3.8, 4) is 0 Å². The highest BCUT2D eigenvalue weighted by Gasteiger charge is 2.26. The van der Waals surface area contributed by atoms with Gasteiger partial charge in [-0.2, -0.15) is 0 Å². The van der Waals surface area contributed by atoms with E-state index in [9.17, 15) is 14.4 Å². The van der Waals surface area contributed by atoms with Crippen LogP contribution in [0.15, 0.2) is 0 Å². The molecule has 0 aromatic rings. The Hall–Kier alpha value is -1.63. The van der Waals surface area contributed by atoms with E-state index in [0.29, 0.717) is 6.42 Å². The van der Waals surface area contributed by atoms with E-state index in [2.05, 4.69) is 10.1 Å². The third kappa shape index (κ3) is 6.19. The van der Waals surface area contributed by atoms with Crippen molar-refractivity contribution in [1.82, 2.24) is 5.32 Å². The van der Waals surface area contributed by atoms with Crippen LogP contribution in [0.4, 0.5) is 0 Å². The SMILES string of the molecule is CCC(C)[C@H](N)C(=O)N[C@@H](CCC(=O)OC)C(=O)O. The number of ether oxygens (including phenoxy) is 1. The average Bonchev–Trinajstić information content (AvgIpc) is 2.40. The van der Waals surface area contributed by atoms with Gasteiger partial charge in [-0.15, -0.1) is 0 Å². The van der Waals surface area contributed by atoms with Crippen LogP contribution in [0, 0.1) is 5.92 Å². The summed E-state index contributed by atoms with van der Waals surface area (Å²) in [7, 11) is 1.22. The van der Waals surface area contributed by atoms with E-state index in [-0.39, 0.29) is 18.8 Å². The number of amides is 1. The van der Waals surface area contributed by atoms with Crippen LogP contribution < -0.4 is 11.1 Å². The first-order chi connectivity index (χ1) is 8.83. The fraction of sp³-hybridized carbons (Fsp3) is 0.750. The first-order valence-corrected chi connectivity index (χ1v) is 6.19. The number of hydrogen-bond donors (Lipinski definition) is 3. The second-order valence-electron chi connectivity index (χ2n) is 4.43. The summed E-state index contributed by atoms with van der Waals surface area (Å²) < 4.78 is 4.42. The fourth-order valence-electron chi connectivity index (χ4n) is 1.40. The maximum absolute atomic E-state index is 11.8. The molecule has 0 aromatic carbocycles. The van der Waals surface area contributed by atoms with Crippen LogP contribution in [0.3, 0.4) is 0 Å². The van der Waals surface area contributed by atoms with E-state index >= 15 is 0 Å². The predicted octanol–water partition coefficient (Wildman–Crippen LogP) is -0.118. The highest BCUT2D eigenvalue weighted by molar-refractivity contribution is 5.87. The highest BCUT2D eigenvalue weighted by Crippen LogP contribution is 2.07. The second kappa shape index (κ2) is 8.47. The van der Waals surface area contributed by atoms with Crippen molar-refractivity contribution in [2.75, 3.05) is 7.11 Å². The van der Waals surface area contributed by atoms with Gasteiger partial charge in [0.15, 0.2) is 0 Å². The standard InChI is InChI=1S/C12H22N2O5/c1-4-7(2)10(13)11(16)14-8(12(17)18)5-6-9(15)19-3/h7-8,10H,4-6,13H2,1-3H3,(H,14,16)(H,17,18)/t7?,8-,10-/m0/s1. The van der Waals surface area contributed by atoms with Crippen molar-refractivity contribution < 1.29 is 24.2 Å². The van der Waals surface area contributed by atoms with Crippen LogP contribution in [0.2, 0.25) is 0 Å². The van der Waals surface area contributed by atoms with Crippen molar-refractivity contribution in [1.29, 1.82) is 0 Å². The normalized spacial score (nSPS) is 15.2. The Morgan fingerprint density at radius 3 is 2.37 bits per heavy atom. The summed E-state index contributed by atoms with van der Waals surface area (Å²) in [5.41, 5.74) is 5.71. The Bertz CT molecular complexity index is 332. The summed E-state index contributed by atoms with van der Waals surface area (Å²) in [6.45, 7) is 3.71. The minimum Gasteiger partial charge on any atom is -0.480 e. The molecule has 0 heterocycles. The van der Waals surface area contributed by atoms with E-state index in [1.165, 1.54) is 7.11 Å². The van der Waals surface area contributed by atoms with Crippen molar-refractivity contribution in [2.24, 2.45) is 11.7 Å². The molecule has 0 spiro atoms. The molecule has 0 fully saturated rings. The minimum absolute atomic E-state index is 0.0268. The van der Waals surface area contributed by atoms with Gasteiger partial charge in [-0.05, 0) is 12.3 Å². The number of carboxylic acids is 1. The molecule has 0 aromatic heterocycles. The maximum Gasteiger partial charge on any atom is 0.326 e. The van der Waals surface area contributed by atoms with E-state index in [1.54, 1.807) is 0 Å². The van der Waals surface area contributed by atoms with Gasteiger partial charge in [-0.1, -0.05) is 20.3 Å². The molecule has 3 atom stereocenters. The van der Waals surface area contributed by atoms with E-state index in [0.717, 1.165) is 0 Å². The molecule has 0 aliphatic heterocycles. The quantitative estimate of drug-likeness (QED) is 0.531. The predicted molar refractivity (Wildman–Crippen MR) is 68.2 cm³/mol. The Kier molecular flexibility index (Phi) is 7.74. The molecule has 0 rings (SSSR count). The van der Waals surface area contributed by atoms with E-state index in [4.69, 9.17) is 10.8 Å². The number of carbonyl (C=O) groups excluding carboxylic acids is 2. The molecule has 19 heavy (non-hydrogen) atoms. The van der Waals surface area contributed by atoms with Crippen LogP contribution in [0.1, 0.15) is 33.1 Å². The number of aliphatic carboxylic acids is 1. The Morgan fingerprint density at radius 1 is 1.37 bits per heavy atom. The molecular weight excluding hydrogens is 252 g/mol. The van der Waals surface area contributed by atoms with Gasteiger partial charge in [0.1, 0.15) is 6.04 Å². The number of carbonyl (C=O) groups is 3. The van der Waals surface area contributed by atoms with Gasteiger partial charge in [0.05, 0.1) is 13.2 Å². The summed E-state index contributed by atoms with van der Waals surface area (Å²) in [4.78, 5) is 33.7. The molecule has 1 amide bonds. The van der Waals surface area contributed by atoms with Crippen LogP contribution in [0.5, 0.6) is 0 Å². The van der Waals surface area contributed by atoms with E-state index in [1.807, 2.05) is 13.8 Å². The van der Waals surface area contributed by atoms with Crippen molar-refractivity contribution >= 4 is 17.8 Å². The van der Waals surface area contributed by atoms with Gasteiger partial charge in [0.25, 0.3) is 0 Å². The molecule has 7 nitrogen and oxygen atoms in total. The first-order valence-electron chi connectivity index (χ1n) is 6.19. The lowest BCUT2D eigenvalue weighted by Crippen LogP contribution is -2.50. The zero-order valence-corrected chi connectivity index (χ0v) is 11.5. The topological polar surface area (TPSA) is 119 Å². The molecule has 0 radical (unpaired) electrons. The Balaban J connectivity index is 4.46. The largest absolute Gasteiger partial charge is 0.480 e. The third-order valence-electron chi connectivity index (χ3n) is 3.04. The number of esters is 1. The Labute approximate surface area is 112 Å². The minimum atomic E-state index is -1.20. The van der Waals surface area contributed by atoms with Crippen molar-refractivity contribution in [3.05, 3.63) is 0 Å². The van der Waals surface area contributed by atoms with Gasteiger partial charge in [-0.25, -0.2) is 4.79 Å². The Morgan fingerprint density at radius 2 is 1.95 bits per heavy atom. The molecule has 4 N–H and O–H groups in total. The number of nitrogens with two attached hydrogens (primary N) is 1. The van der Waals surface area contributed by atoms with Gasteiger partial charge >= 0.3 is 11.9 Å².